The van der Waals surface area contributed by atoms with Crippen molar-refractivity contribution in [2.75, 3.05) is 0 Å². The number of aliphatic carboxylic acids is 1. The fourth-order valence-corrected chi connectivity index (χ4v) is 4.02. The molecule has 1 N–H and O–H groups in total. The average Bonchev–Trinajstić information content (AvgIpc) is 3.22. The molecule has 3 rings (SSSR count). The molecule has 2 unspecified atom stereocenters. The van der Waals surface area contributed by atoms with Crippen molar-refractivity contribution in [1.82, 2.24) is 4.90 Å². The van der Waals surface area contributed by atoms with Gasteiger partial charge in [-0.3, -0.25) is 4.79 Å². The van der Waals surface area contributed by atoms with Gasteiger partial charge < -0.3 is 10.0 Å². The number of hydrogen-bond acceptors (Lipinski definition) is 2. The Balaban J connectivity index is 1.88. The fraction of sp³-hybridized carbons (Fsp3) is 0.867. The summed E-state index contributed by atoms with van der Waals surface area (Å²) < 4.78 is 0. The van der Waals surface area contributed by atoms with Crippen molar-refractivity contribution in [3.63, 3.8) is 0 Å². The Morgan fingerprint density at radius 1 is 1.11 bits per heavy atom. The summed E-state index contributed by atoms with van der Waals surface area (Å²) in [7, 11) is 0. The van der Waals surface area contributed by atoms with Gasteiger partial charge in [0.1, 0.15) is 5.54 Å². The van der Waals surface area contributed by atoms with Gasteiger partial charge in [-0.2, -0.15) is 0 Å². The minimum atomic E-state index is -0.904. The number of carbonyl (C=O) groups is 2. The Bertz CT molecular complexity index is 400. The van der Waals surface area contributed by atoms with Gasteiger partial charge >= 0.3 is 5.97 Å². The lowest BCUT2D eigenvalue weighted by molar-refractivity contribution is -0.163. The summed E-state index contributed by atoms with van der Waals surface area (Å²) in [4.78, 5) is 25.7. The number of amides is 1. The van der Waals surface area contributed by atoms with Crippen LogP contribution in [0, 0.1) is 11.8 Å². The summed E-state index contributed by atoms with van der Waals surface area (Å²) in [5.74, 6) is 0.416. The second-order valence-electron chi connectivity index (χ2n) is 6.65. The number of nitrogens with zero attached hydrogens (tertiary/aromatic N) is 1. The third kappa shape index (κ3) is 2.26. The van der Waals surface area contributed by atoms with E-state index in [1.54, 1.807) is 4.90 Å². The topological polar surface area (TPSA) is 57.6 Å². The second-order valence-corrected chi connectivity index (χ2v) is 6.65. The number of rotatable bonds is 4. The first kappa shape index (κ1) is 12.9. The first-order valence-corrected chi connectivity index (χ1v) is 7.58. The monoisotopic (exact) mass is 265 g/mol. The van der Waals surface area contributed by atoms with Crippen molar-refractivity contribution >= 4 is 11.9 Å². The minimum absolute atomic E-state index is 0.0543. The number of hydrogen-bond donors (Lipinski definition) is 1. The van der Waals surface area contributed by atoms with Crippen molar-refractivity contribution in [3.8, 4) is 0 Å². The SMILES string of the molecule is CC(=O)N(C1CC1)C1(C(=O)O)CCCC(C2CC2)C1. The van der Waals surface area contributed by atoms with Gasteiger partial charge in [0.15, 0.2) is 0 Å². The van der Waals surface area contributed by atoms with Crippen LogP contribution in [0.5, 0.6) is 0 Å². The normalized spacial score (nSPS) is 34.9. The molecule has 0 aromatic carbocycles. The molecule has 3 aliphatic carbocycles. The smallest absolute Gasteiger partial charge is 0.329 e. The van der Waals surface area contributed by atoms with E-state index >= 15 is 0 Å². The molecular weight excluding hydrogens is 242 g/mol. The lowest BCUT2D eigenvalue weighted by atomic mass is 9.72. The van der Waals surface area contributed by atoms with E-state index in [0.717, 1.165) is 31.6 Å². The van der Waals surface area contributed by atoms with E-state index in [2.05, 4.69) is 0 Å². The zero-order valence-electron chi connectivity index (χ0n) is 11.6. The van der Waals surface area contributed by atoms with E-state index in [1.807, 2.05) is 0 Å². The van der Waals surface area contributed by atoms with Crippen LogP contribution in [0.15, 0.2) is 0 Å². The first-order chi connectivity index (χ1) is 9.04. The van der Waals surface area contributed by atoms with E-state index < -0.39 is 11.5 Å². The molecule has 3 aliphatic rings. The van der Waals surface area contributed by atoms with E-state index in [0.29, 0.717) is 18.8 Å². The quantitative estimate of drug-likeness (QED) is 0.849. The molecule has 2 atom stereocenters. The Morgan fingerprint density at radius 3 is 2.26 bits per heavy atom. The predicted octanol–water partition coefficient (Wildman–Crippen LogP) is 2.42. The Kier molecular flexibility index (Phi) is 3.06. The third-order valence-electron chi connectivity index (χ3n) is 5.16. The maximum atomic E-state index is 12.0. The highest BCUT2D eigenvalue weighted by atomic mass is 16.4. The molecule has 0 aromatic heterocycles. The van der Waals surface area contributed by atoms with Crippen LogP contribution in [0.25, 0.3) is 0 Å². The molecule has 3 saturated carbocycles. The molecule has 0 bridgehead atoms. The predicted molar refractivity (Wildman–Crippen MR) is 70.6 cm³/mol. The van der Waals surface area contributed by atoms with Gasteiger partial charge in [0.2, 0.25) is 5.91 Å². The number of carboxylic acid groups (broad SMARTS) is 1. The maximum Gasteiger partial charge on any atom is 0.329 e. The van der Waals surface area contributed by atoms with E-state index in [1.165, 1.54) is 19.8 Å². The van der Waals surface area contributed by atoms with Crippen LogP contribution in [0.4, 0.5) is 0 Å². The molecule has 3 fully saturated rings. The molecule has 19 heavy (non-hydrogen) atoms. The van der Waals surface area contributed by atoms with Gasteiger partial charge in [0.25, 0.3) is 0 Å². The molecular formula is C15H23NO3. The van der Waals surface area contributed by atoms with Crippen molar-refractivity contribution in [2.24, 2.45) is 11.8 Å². The van der Waals surface area contributed by atoms with Gasteiger partial charge in [-0.25, -0.2) is 4.79 Å². The zero-order chi connectivity index (χ0) is 13.6. The van der Waals surface area contributed by atoms with Crippen molar-refractivity contribution in [2.45, 2.75) is 69.9 Å². The summed E-state index contributed by atoms with van der Waals surface area (Å²) in [5, 5.41) is 9.81. The van der Waals surface area contributed by atoms with Gasteiger partial charge in [-0.05, 0) is 56.8 Å². The van der Waals surface area contributed by atoms with Crippen molar-refractivity contribution in [1.29, 1.82) is 0 Å². The zero-order valence-corrected chi connectivity index (χ0v) is 11.6. The molecule has 1 amide bonds. The molecule has 4 nitrogen and oxygen atoms in total. The largest absolute Gasteiger partial charge is 0.479 e. The van der Waals surface area contributed by atoms with Crippen LogP contribution in [0.1, 0.15) is 58.3 Å². The second kappa shape index (κ2) is 4.50. The Morgan fingerprint density at radius 2 is 1.79 bits per heavy atom. The van der Waals surface area contributed by atoms with Crippen LogP contribution in [0.3, 0.4) is 0 Å². The summed E-state index contributed by atoms with van der Waals surface area (Å²) in [6.07, 6.45) is 7.88. The molecule has 106 valence electrons. The van der Waals surface area contributed by atoms with Crippen LogP contribution in [-0.2, 0) is 9.59 Å². The Labute approximate surface area is 114 Å². The van der Waals surface area contributed by atoms with Crippen LogP contribution in [-0.4, -0.2) is 33.5 Å². The molecule has 0 heterocycles. The molecule has 4 heteroatoms. The highest BCUT2D eigenvalue weighted by Crippen LogP contribution is 2.50. The lowest BCUT2D eigenvalue weighted by Crippen LogP contribution is -2.59. The van der Waals surface area contributed by atoms with E-state index in [9.17, 15) is 14.7 Å². The van der Waals surface area contributed by atoms with Gasteiger partial charge in [0.05, 0.1) is 0 Å². The third-order valence-corrected chi connectivity index (χ3v) is 5.16. The van der Waals surface area contributed by atoms with Gasteiger partial charge in [0, 0.05) is 13.0 Å². The van der Waals surface area contributed by atoms with Crippen LogP contribution < -0.4 is 0 Å². The highest BCUT2D eigenvalue weighted by molar-refractivity contribution is 5.86. The summed E-state index contributed by atoms with van der Waals surface area (Å²) in [6.45, 7) is 1.53. The first-order valence-electron chi connectivity index (χ1n) is 7.58. The summed E-state index contributed by atoms with van der Waals surface area (Å²) in [6, 6.07) is 0.187. The van der Waals surface area contributed by atoms with Crippen molar-refractivity contribution in [3.05, 3.63) is 0 Å². The molecule has 0 saturated heterocycles. The number of carbonyl (C=O) groups excluding carboxylic acids is 1. The molecule has 0 aromatic rings. The minimum Gasteiger partial charge on any atom is -0.479 e. The summed E-state index contributed by atoms with van der Waals surface area (Å²) >= 11 is 0. The molecule has 0 aliphatic heterocycles. The van der Waals surface area contributed by atoms with Crippen LogP contribution in [0.2, 0.25) is 0 Å². The van der Waals surface area contributed by atoms with Crippen LogP contribution >= 0.6 is 0 Å². The fourth-order valence-electron chi connectivity index (χ4n) is 4.02. The highest BCUT2D eigenvalue weighted by Gasteiger charge is 2.54. The molecule has 0 radical (unpaired) electrons. The van der Waals surface area contributed by atoms with E-state index in [-0.39, 0.29) is 11.9 Å². The summed E-state index contributed by atoms with van der Waals surface area (Å²) in [5.41, 5.74) is -0.904. The number of carboxylic acids is 1. The average molecular weight is 265 g/mol. The lowest BCUT2D eigenvalue weighted by Gasteiger charge is -2.45. The van der Waals surface area contributed by atoms with Gasteiger partial charge in [-0.1, -0.05) is 6.42 Å². The van der Waals surface area contributed by atoms with Gasteiger partial charge in [-0.15, -0.1) is 0 Å². The van der Waals surface area contributed by atoms with E-state index in [4.69, 9.17) is 0 Å². The van der Waals surface area contributed by atoms with Crippen molar-refractivity contribution < 1.29 is 14.7 Å². The Hall–Kier alpha value is -1.06. The standard InChI is InChI=1S/C15H23NO3/c1-10(17)16(13-6-7-13)15(14(18)19)8-2-3-12(9-15)11-4-5-11/h11-13H,2-9H2,1H3,(H,18,19). The molecule has 0 spiro atoms. The maximum absolute atomic E-state index is 12.0.